The van der Waals surface area contributed by atoms with E-state index in [1.165, 1.54) is 6.33 Å². The molecule has 122 valence electrons. The Labute approximate surface area is 130 Å². The number of hydrogen-bond acceptors (Lipinski definition) is 6. The molecule has 2 rings (SSSR count). The van der Waals surface area contributed by atoms with Gasteiger partial charge in [0.2, 0.25) is 0 Å². The molecule has 0 bridgehead atoms. The summed E-state index contributed by atoms with van der Waals surface area (Å²) in [6.07, 6.45) is 2.38. The normalized spacial score (nSPS) is 15.9. The summed E-state index contributed by atoms with van der Waals surface area (Å²) in [6, 6.07) is 0. The van der Waals surface area contributed by atoms with Gasteiger partial charge in [0.25, 0.3) is 0 Å². The van der Waals surface area contributed by atoms with Crippen LogP contribution in [-0.4, -0.2) is 60.2 Å². The lowest BCUT2D eigenvalue weighted by Gasteiger charge is -2.35. The van der Waals surface area contributed by atoms with Crippen LogP contribution in [0.5, 0.6) is 0 Å². The van der Waals surface area contributed by atoms with E-state index in [1.54, 1.807) is 6.92 Å². The number of aromatic nitrogens is 2. The van der Waals surface area contributed by atoms with Gasteiger partial charge < -0.3 is 9.64 Å². The maximum atomic E-state index is 14.3. The summed E-state index contributed by atoms with van der Waals surface area (Å²) in [5.41, 5.74) is 0.453. The predicted octanol–water partition coefficient (Wildman–Crippen LogP) is 1.25. The molecule has 1 fully saturated rings. The molecule has 0 radical (unpaired) electrons. The minimum Gasteiger partial charge on any atom is -0.466 e. The summed E-state index contributed by atoms with van der Waals surface area (Å²) in [4.78, 5) is 23.5. The third-order valence-electron chi connectivity index (χ3n) is 3.79. The fourth-order valence-corrected chi connectivity index (χ4v) is 2.53. The molecule has 22 heavy (non-hydrogen) atoms. The molecule has 0 saturated carbocycles. The minimum atomic E-state index is -0.315. The molecular weight excluding hydrogens is 287 g/mol. The average Bonchev–Trinajstić information content (AvgIpc) is 2.54. The number of carbonyl (C=O) groups excluding carboxylic acids is 1. The van der Waals surface area contributed by atoms with Gasteiger partial charge in [-0.2, -0.15) is 0 Å². The molecule has 0 aromatic carbocycles. The van der Waals surface area contributed by atoms with E-state index in [0.29, 0.717) is 50.6 Å². The molecule has 1 saturated heterocycles. The van der Waals surface area contributed by atoms with Crippen molar-refractivity contribution in [2.45, 2.75) is 26.7 Å². The van der Waals surface area contributed by atoms with Crippen LogP contribution >= 0.6 is 0 Å². The fraction of sp³-hybridized carbons (Fsp3) is 0.667. The van der Waals surface area contributed by atoms with Crippen molar-refractivity contribution >= 4 is 11.8 Å². The molecule has 0 amide bonds. The molecule has 0 unspecified atom stereocenters. The highest BCUT2D eigenvalue weighted by molar-refractivity contribution is 5.69. The van der Waals surface area contributed by atoms with Gasteiger partial charge in [-0.05, 0) is 13.3 Å². The number of esters is 1. The van der Waals surface area contributed by atoms with E-state index in [9.17, 15) is 9.18 Å². The molecule has 6 nitrogen and oxygen atoms in total. The van der Waals surface area contributed by atoms with Crippen molar-refractivity contribution in [1.29, 1.82) is 0 Å². The number of aryl methyl sites for hydroxylation is 1. The van der Waals surface area contributed by atoms with Crippen LogP contribution < -0.4 is 4.90 Å². The Morgan fingerprint density at radius 3 is 2.64 bits per heavy atom. The molecule has 1 aromatic rings. The Bertz CT molecular complexity index is 504. The summed E-state index contributed by atoms with van der Waals surface area (Å²) in [5.74, 6) is -0.0961. The first-order valence-corrected chi connectivity index (χ1v) is 7.78. The minimum absolute atomic E-state index is 0.167. The van der Waals surface area contributed by atoms with Gasteiger partial charge in [-0.25, -0.2) is 14.4 Å². The zero-order chi connectivity index (χ0) is 15.9. The number of rotatable bonds is 6. The highest BCUT2D eigenvalue weighted by Crippen LogP contribution is 2.19. The van der Waals surface area contributed by atoms with Crippen LogP contribution in [0.2, 0.25) is 0 Å². The van der Waals surface area contributed by atoms with Crippen molar-refractivity contribution in [3.05, 3.63) is 17.8 Å². The van der Waals surface area contributed by atoms with Crippen molar-refractivity contribution < 1.29 is 13.9 Å². The molecule has 2 heterocycles. The Balaban J connectivity index is 1.86. The number of ether oxygens (including phenoxy) is 1. The maximum absolute atomic E-state index is 14.3. The molecule has 0 spiro atoms. The Kier molecular flexibility index (Phi) is 6.06. The van der Waals surface area contributed by atoms with Crippen molar-refractivity contribution in [2.24, 2.45) is 0 Å². The largest absolute Gasteiger partial charge is 0.466 e. The van der Waals surface area contributed by atoms with Gasteiger partial charge >= 0.3 is 5.97 Å². The zero-order valence-electron chi connectivity index (χ0n) is 13.2. The first kappa shape index (κ1) is 16.6. The lowest BCUT2D eigenvalue weighted by atomic mass is 10.2. The zero-order valence-corrected chi connectivity index (χ0v) is 13.2. The van der Waals surface area contributed by atoms with E-state index in [1.807, 2.05) is 11.8 Å². The number of hydrogen-bond donors (Lipinski definition) is 0. The highest BCUT2D eigenvalue weighted by atomic mass is 19.1. The predicted molar refractivity (Wildman–Crippen MR) is 81.3 cm³/mol. The van der Waals surface area contributed by atoms with E-state index in [0.717, 1.165) is 13.1 Å². The van der Waals surface area contributed by atoms with Gasteiger partial charge in [0.05, 0.1) is 18.7 Å². The molecule has 1 aromatic heterocycles. The summed E-state index contributed by atoms with van der Waals surface area (Å²) in [6.45, 7) is 7.73. The fourth-order valence-electron chi connectivity index (χ4n) is 2.53. The van der Waals surface area contributed by atoms with Crippen molar-refractivity contribution in [1.82, 2.24) is 14.9 Å². The van der Waals surface area contributed by atoms with Crippen molar-refractivity contribution in [2.75, 3.05) is 44.2 Å². The Morgan fingerprint density at radius 2 is 2.00 bits per heavy atom. The van der Waals surface area contributed by atoms with Crippen molar-refractivity contribution in [3.63, 3.8) is 0 Å². The monoisotopic (exact) mass is 310 g/mol. The molecule has 0 N–H and O–H groups in total. The van der Waals surface area contributed by atoms with E-state index in [-0.39, 0.29) is 11.8 Å². The average molecular weight is 310 g/mol. The summed E-state index contributed by atoms with van der Waals surface area (Å²) in [5, 5.41) is 0. The quantitative estimate of drug-likeness (QED) is 0.737. The Morgan fingerprint density at radius 1 is 1.27 bits per heavy atom. The van der Waals surface area contributed by atoms with Crippen LogP contribution in [-0.2, 0) is 16.0 Å². The molecule has 7 heteroatoms. The van der Waals surface area contributed by atoms with Gasteiger partial charge in [-0.1, -0.05) is 6.92 Å². The highest BCUT2D eigenvalue weighted by Gasteiger charge is 2.22. The first-order chi connectivity index (χ1) is 10.7. The summed E-state index contributed by atoms with van der Waals surface area (Å²) in [7, 11) is 0. The number of piperazine rings is 1. The first-order valence-electron chi connectivity index (χ1n) is 7.78. The van der Waals surface area contributed by atoms with Crippen molar-refractivity contribution in [3.8, 4) is 0 Å². The summed E-state index contributed by atoms with van der Waals surface area (Å²) >= 11 is 0. The molecule has 1 aliphatic heterocycles. The smallest absolute Gasteiger partial charge is 0.307 e. The van der Waals surface area contributed by atoms with Crippen LogP contribution in [0.15, 0.2) is 6.33 Å². The van der Waals surface area contributed by atoms with Gasteiger partial charge in [0.15, 0.2) is 11.6 Å². The van der Waals surface area contributed by atoms with E-state index in [2.05, 4.69) is 14.9 Å². The second-order valence-corrected chi connectivity index (χ2v) is 5.20. The number of halogens is 1. The topological polar surface area (TPSA) is 58.6 Å². The van der Waals surface area contributed by atoms with Crippen LogP contribution in [0.4, 0.5) is 10.2 Å². The molecule has 0 aliphatic carbocycles. The number of anilines is 1. The molecule has 0 atom stereocenters. The summed E-state index contributed by atoms with van der Waals surface area (Å²) < 4.78 is 19.2. The van der Waals surface area contributed by atoms with E-state index in [4.69, 9.17) is 4.74 Å². The lowest BCUT2D eigenvalue weighted by molar-refractivity contribution is -0.143. The standard InChI is InChI=1S/C15H23FN4O2/c1-3-12-14(16)15(18-11-17-12)20-9-7-19(8-10-20)6-5-13(21)22-4-2/h11H,3-10H2,1-2H3. The number of carbonyl (C=O) groups is 1. The Hall–Kier alpha value is -1.76. The third-order valence-corrected chi connectivity index (χ3v) is 3.79. The van der Waals surface area contributed by atoms with Gasteiger partial charge in [-0.15, -0.1) is 0 Å². The molecular formula is C15H23FN4O2. The van der Waals surface area contributed by atoms with E-state index >= 15 is 0 Å². The van der Waals surface area contributed by atoms with Gasteiger partial charge in [0, 0.05) is 32.7 Å². The van der Waals surface area contributed by atoms with Crippen LogP contribution in [0.1, 0.15) is 26.0 Å². The van der Waals surface area contributed by atoms with Crippen LogP contribution in [0, 0.1) is 5.82 Å². The van der Waals surface area contributed by atoms with E-state index < -0.39 is 0 Å². The van der Waals surface area contributed by atoms with Crippen LogP contribution in [0.25, 0.3) is 0 Å². The number of nitrogens with zero attached hydrogens (tertiary/aromatic N) is 4. The maximum Gasteiger partial charge on any atom is 0.307 e. The SMILES string of the molecule is CCOC(=O)CCN1CCN(c2ncnc(CC)c2F)CC1. The second kappa shape index (κ2) is 8.03. The third kappa shape index (κ3) is 4.13. The van der Waals surface area contributed by atoms with Gasteiger partial charge in [0.1, 0.15) is 6.33 Å². The second-order valence-electron chi connectivity index (χ2n) is 5.20. The van der Waals surface area contributed by atoms with Crippen LogP contribution in [0.3, 0.4) is 0 Å². The van der Waals surface area contributed by atoms with Gasteiger partial charge in [-0.3, -0.25) is 9.69 Å². The molecule has 1 aliphatic rings. The lowest BCUT2D eigenvalue weighted by Crippen LogP contribution is -2.47.